The third-order valence-electron chi connectivity index (χ3n) is 5.28. The lowest BCUT2D eigenvalue weighted by atomic mass is 9.90. The van der Waals surface area contributed by atoms with E-state index < -0.39 is 0 Å². The van der Waals surface area contributed by atoms with Gasteiger partial charge in [0, 0.05) is 37.8 Å². The van der Waals surface area contributed by atoms with Gasteiger partial charge in [0.1, 0.15) is 5.82 Å². The number of carbonyl (C=O) groups excluding carboxylic acids is 1. The Kier molecular flexibility index (Phi) is 5.16. The maximum Gasteiger partial charge on any atom is 0.231 e. The van der Waals surface area contributed by atoms with Crippen LogP contribution in [0.5, 0.6) is 11.5 Å². The number of anilines is 1. The second-order valence-electron chi connectivity index (χ2n) is 7.03. The fraction of sp³-hybridized carbons (Fsp3) is 0.316. The number of halogens is 1. The first kappa shape index (κ1) is 19.3. The fourth-order valence-electron chi connectivity index (χ4n) is 3.82. The van der Waals surface area contributed by atoms with Gasteiger partial charge in [-0.05, 0) is 23.3 Å². The minimum atomic E-state index is -0.183. The highest BCUT2D eigenvalue weighted by molar-refractivity contribution is 5.96. The number of ether oxygens (including phenoxy) is 2. The Morgan fingerprint density at radius 2 is 2.10 bits per heavy atom. The van der Waals surface area contributed by atoms with Crippen LogP contribution in [0.25, 0.3) is 11.1 Å². The summed E-state index contributed by atoms with van der Waals surface area (Å²) in [6.45, 7) is 1.60. The normalized spacial score (nSPS) is 19.8. The first-order valence-electron chi connectivity index (χ1n) is 9.12. The Hall–Kier alpha value is -3.04. The smallest absolute Gasteiger partial charge is 0.231 e. The average Bonchev–Trinajstić information content (AvgIpc) is 3.47. The van der Waals surface area contributed by atoms with Crippen molar-refractivity contribution < 1.29 is 14.3 Å². The van der Waals surface area contributed by atoms with Crippen molar-refractivity contribution >= 4 is 24.1 Å². The van der Waals surface area contributed by atoms with Crippen LogP contribution in [0.4, 0.5) is 5.82 Å². The summed E-state index contributed by atoms with van der Waals surface area (Å²) in [5.41, 5.74) is 2.76. The van der Waals surface area contributed by atoms with Gasteiger partial charge in [0.25, 0.3) is 0 Å². The predicted octanol–water partition coefficient (Wildman–Crippen LogP) is 1.90. The number of H-pyrrole nitrogens is 1. The van der Waals surface area contributed by atoms with Crippen LogP contribution < -0.4 is 20.1 Å². The van der Waals surface area contributed by atoms with Crippen LogP contribution in [0.3, 0.4) is 0 Å². The highest BCUT2D eigenvalue weighted by Crippen LogP contribution is 2.38. The Morgan fingerprint density at radius 1 is 1.24 bits per heavy atom. The molecule has 1 fully saturated rings. The predicted molar refractivity (Wildman–Crippen MR) is 108 cm³/mol. The van der Waals surface area contributed by atoms with Crippen molar-refractivity contribution in [3.8, 4) is 22.6 Å². The highest BCUT2D eigenvalue weighted by Gasteiger charge is 2.35. The molecule has 2 aliphatic rings. The number of nitrogens with zero attached hydrogens (tertiary/aromatic N) is 3. The van der Waals surface area contributed by atoms with Gasteiger partial charge in [0.15, 0.2) is 11.5 Å². The highest BCUT2D eigenvalue weighted by atomic mass is 35.5. The second kappa shape index (κ2) is 7.76. The molecule has 3 aromatic rings. The zero-order valence-electron chi connectivity index (χ0n) is 15.7. The van der Waals surface area contributed by atoms with Crippen LogP contribution in [-0.2, 0) is 11.8 Å². The van der Waals surface area contributed by atoms with Crippen LogP contribution in [0, 0.1) is 5.92 Å². The molecule has 1 aromatic carbocycles. The molecule has 9 nitrogen and oxygen atoms in total. The van der Waals surface area contributed by atoms with Crippen molar-refractivity contribution in [3.63, 3.8) is 0 Å². The summed E-state index contributed by atoms with van der Waals surface area (Å²) in [6, 6.07) is 5.66. The van der Waals surface area contributed by atoms with Crippen LogP contribution in [-0.4, -0.2) is 45.8 Å². The van der Waals surface area contributed by atoms with E-state index in [9.17, 15) is 4.79 Å². The standard InChI is InChI=1S/C19H20N6O3.ClH/c1-25-9-12(5-22-25)13-6-20-7-15(13)19(26)23-18-14(8-21-24-18)11-2-3-16-17(4-11)28-10-27-16;/h2-5,8-9,13,15,20H,6-7,10H2,1H3,(H2,21,23,24,26);1H/t13-,15+;/m1./s1. The molecule has 0 bridgehead atoms. The van der Waals surface area contributed by atoms with E-state index in [1.54, 1.807) is 10.9 Å². The van der Waals surface area contributed by atoms with E-state index in [0.717, 1.165) is 23.2 Å². The molecule has 10 heteroatoms. The average molecular weight is 417 g/mol. The van der Waals surface area contributed by atoms with Crippen LogP contribution in [0.15, 0.2) is 36.8 Å². The number of nitrogens with one attached hydrogen (secondary N) is 3. The molecule has 0 unspecified atom stereocenters. The van der Waals surface area contributed by atoms with E-state index in [-0.39, 0.29) is 36.9 Å². The first-order chi connectivity index (χ1) is 13.7. The molecule has 4 heterocycles. The van der Waals surface area contributed by atoms with E-state index in [1.165, 1.54) is 0 Å². The molecule has 0 spiro atoms. The van der Waals surface area contributed by atoms with E-state index in [4.69, 9.17) is 9.47 Å². The lowest BCUT2D eigenvalue weighted by Gasteiger charge is -2.17. The Balaban J connectivity index is 0.00000205. The molecule has 152 valence electrons. The molecule has 3 N–H and O–H groups in total. The quantitative estimate of drug-likeness (QED) is 0.599. The Labute approximate surface area is 173 Å². The van der Waals surface area contributed by atoms with Gasteiger partial charge in [-0.2, -0.15) is 10.2 Å². The Morgan fingerprint density at radius 3 is 2.93 bits per heavy atom. The van der Waals surface area contributed by atoms with Gasteiger partial charge in [-0.25, -0.2) is 0 Å². The van der Waals surface area contributed by atoms with Crippen molar-refractivity contribution in [2.24, 2.45) is 13.0 Å². The maximum atomic E-state index is 13.0. The number of hydrogen-bond donors (Lipinski definition) is 3. The molecular weight excluding hydrogens is 396 g/mol. The number of rotatable bonds is 4. The fourth-order valence-corrected chi connectivity index (χ4v) is 3.82. The zero-order chi connectivity index (χ0) is 19.1. The number of amides is 1. The lowest BCUT2D eigenvalue weighted by molar-refractivity contribution is -0.119. The van der Waals surface area contributed by atoms with Gasteiger partial charge in [0.2, 0.25) is 12.7 Å². The van der Waals surface area contributed by atoms with Crippen molar-refractivity contribution in [1.29, 1.82) is 0 Å². The van der Waals surface area contributed by atoms with Crippen molar-refractivity contribution in [1.82, 2.24) is 25.3 Å². The van der Waals surface area contributed by atoms with E-state index in [1.807, 2.05) is 37.6 Å². The van der Waals surface area contributed by atoms with Gasteiger partial charge in [-0.15, -0.1) is 12.4 Å². The summed E-state index contributed by atoms with van der Waals surface area (Å²) in [7, 11) is 1.88. The minimum absolute atomic E-state index is 0. The summed E-state index contributed by atoms with van der Waals surface area (Å²) in [6.07, 6.45) is 5.48. The number of aromatic amines is 1. The van der Waals surface area contributed by atoms with Crippen LogP contribution in [0.1, 0.15) is 11.5 Å². The summed E-state index contributed by atoms with van der Waals surface area (Å²) in [5.74, 6) is 1.83. The zero-order valence-corrected chi connectivity index (χ0v) is 16.5. The number of benzene rings is 1. The summed E-state index contributed by atoms with van der Waals surface area (Å²) < 4.78 is 12.6. The summed E-state index contributed by atoms with van der Waals surface area (Å²) >= 11 is 0. The van der Waals surface area contributed by atoms with Gasteiger partial charge in [0.05, 0.1) is 18.3 Å². The largest absolute Gasteiger partial charge is 0.454 e. The van der Waals surface area contributed by atoms with Crippen molar-refractivity contribution in [3.05, 3.63) is 42.4 Å². The summed E-state index contributed by atoms with van der Waals surface area (Å²) in [4.78, 5) is 13.0. The third-order valence-corrected chi connectivity index (χ3v) is 5.28. The Bertz CT molecular complexity index is 1030. The first-order valence-corrected chi connectivity index (χ1v) is 9.12. The molecule has 0 saturated carbocycles. The third kappa shape index (κ3) is 3.54. The minimum Gasteiger partial charge on any atom is -0.454 e. The molecule has 5 rings (SSSR count). The second-order valence-corrected chi connectivity index (χ2v) is 7.03. The molecule has 2 aliphatic heterocycles. The van der Waals surface area contributed by atoms with Crippen molar-refractivity contribution in [2.45, 2.75) is 5.92 Å². The number of fused-ring (bicyclic) bond motifs is 1. The number of hydrogen-bond acceptors (Lipinski definition) is 6. The van der Waals surface area contributed by atoms with Gasteiger partial charge < -0.3 is 20.1 Å². The van der Waals surface area contributed by atoms with E-state index in [2.05, 4.69) is 25.9 Å². The van der Waals surface area contributed by atoms with Gasteiger partial charge in [-0.1, -0.05) is 6.07 Å². The van der Waals surface area contributed by atoms with E-state index >= 15 is 0 Å². The van der Waals surface area contributed by atoms with Crippen LogP contribution >= 0.6 is 12.4 Å². The SMILES string of the molecule is Cl.Cn1cc([C@H]2CNC[C@@H]2C(=O)Nc2[nH]ncc2-c2ccc3c(c2)OCO3)cn1. The number of aromatic nitrogens is 4. The van der Waals surface area contributed by atoms with Crippen LogP contribution in [0.2, 0.25) is 0 Å². The molecule has 1 saturated heterocycles. The maximum absolute atomic E-state index is 13.0. The van der Waals surface area contributed by atoms with E-state index in [0.29, 0.717) is 23.9 Å². The monoisotopic (exact) mass is 416 g/mol. The van der Waals surface area contributed by atoms with Crippen molar-refractivity contribution in [2.75, 3.05) is 25.2 Å². The van der Waals surface area contributed by atoms with Gasteiger partial charge in [-0.3, -0.25) is 14.6 Å². The number of carbonyl (C=O) groups is 1. The lowest BCUT2D eigenvalue weighted by Crippen LogP contribution is -2.28. The molecule has 1 amide bonds. The molecule has 0 radical (unpaired) electrons. The molecule has 2 aromatic heterocycles. The summed E-state index contributed by atoms with van der Waals surface area (Å²) in [5, 5.41) is 17.6. The molecule has 29 heavy (non-hydrogen) atoms. The molecular formula is C19H21ClN6O3. The topological polar surface area (TPSA) is 106 Å². The molecule has 2 atom stereocenters. The molecule has 0 aliphatic carbocycles. The number of aryl methyl sites for hydroxylation is 1. The van der Waals surface area contributed by atoms with Gasteiger partial charge >= 0.3 is 0 Å².